The minimum Gasteiger partial charge on any atom is -0.493 e. The van der Waals surface area contributed by atoms with Gasteiger partial charge < -0.3 is 29.2 Å². The number of hydrogen-bond donors (Lipinski definition) is 1. The fraction of sp³-hybridized carbons (Fsp3) is 0.250. The van der Waals surface area contributed by atoms with Crippen molar-refractivity contribution in [2.75, 3.05) is 45.7 Å². The number of benzene rings is 3. The highest BCUT2D eigenvalue weighted by atomic mass is 16.5. The molecule has 0 spiro atoms. The second-order valence-electron chi connectivity index (χ2n) is 9.79. The zero-order valence-corrected chi connectivity index (χ0v) is 23.3. The molecule has 0 saturated carbocycles. The summed E-state index contributed by atoms with van der Waals surface area (Å²) in [5.74, 6) is 1.20. The number of nitrogens with zero attached hydrogens (tertiary/aromatic N) is 3. The van der Waals surface area contributed by atoms with Gasteiger partial charge in [0, 0.05) is 49.3 Å². The molecule has 1 N–H and O–H groups in total. The predicted octanol–water partition coefficient (Wildman–Crippen LogP) is 5.77. The SMILES string of the molecule is COc1ccc(-n2c(-c3ccccc3)cc(C(=O)N3CCN(C(=O)Nc4ccccc4C)CC3)c2C)cc1OC. The maximum Gasteiger partial charge on any atom is 0.321 e. The predicted molar refractivity (Wildman–Crippen MR) is 157 cm³/mol. The van der Waals surface area contributed by atoms with Crippen molar-refractivity contribution in [3.63, 3.8) is 0 Å². The first-order chi connectivity index (χ1) is 19.4. The van der Waals surface area contributed by atoms with Crippen LogP contribution in [0.1, 0.15) is 21.6 Å². The Kier molecular flexibility index (Phi) is 7.77. The van der Waals surface area contributed by atoms with Crippen LogP contribution in [-0.4, -0.2) is 66.7 Å². The van der Waals surface area contributed by atoms with Crippen molar-refractivity contribution in [3.8, 4) is 28.4 Å². The zero-order valence-electron chi connectivity index (χ0n) is 23.3. The number of rotatable bonds is 6. The summed E-state index contributed by atoms with van der Waals surface area (Å²) >= 11 is 0. The summed E-state index contributed by atoms with van der Waals surface area (Å²) in [6, 6.07) is 25.3. The van der Waals surface area contributed by atoms with Gasteiger partial charge in [-0.15, -0.1) is 0 Å². The van der Waals surface area contributed by atoms with E-state index in [1.54, 1.807) is 19.1 Å². The number of methoxy groups -OCH3 is 2. The first kappa shape index (κ1) is 26.9. The number of aromatic nitrogens is 1. The van der Waals surface area contributed by atoms with Crippen LogP contribution in [0.4, 0.5) is 10.5 Å². The summed E-state index contributed by atoms with van der Waals surface area (Å²) in [7, 11) is 3.22. The molecular formula is C32H34N4O4. The van der Waals surface area contributed by atoms with E-state index in [9.17, 15) is 9.59 Å². The van der Waals surface area contributed by atoms with E-state index in [1.807, 2.05) is 97.6 Å². The van der Waals surface area contributed by atoms with Crippen molar-refractivity contribution in [3.05, 3.63) is 95.7 Å². The summed E-state index contributed by atoms with van der Waals surface area (Å²) in [5.41, 5.74) is 6.04. The molecule has 0 aliphatic carbocycles. The molecule has 0 atom stereocenters. The topological polar surface area (TPSA) is 76.0 Å². The number of para-hydroxylation sites is 1. The molecule has 2 heterocycles. The van der Waals surface area contributed by atoms with Crippen molar-refractivity contribution < 1.29 is 19.1 Å². The van der Waals surface area contributed by atoms with Crippen molar-refractivity contribution in [2.45, 2.75) is 13.8 Å². The number of aryl methyl sites for hydroxylation is 1. The number of ether oxygens (including phenoxy) is 2. The van der Waals surface area contributed by atoms with E-state index in [4.69, 9.17) is 9.47 Å². The molecule has 8 heteroatoms. The van der Waals surface area contributed by atoms with Gasteiger partial charge in [0.15, 0.2) is 11.5 Å². The van der Waals surface area contributed by atoms with Crippen LogP contribution in [0, 0.1) is 13.8 Å². The van der Waals surface area contributed by atoms with Crippen molar-refractivity contribution in [1.29, 1.82) is 0 Å². The Balaban J connectivity index is 1.40. The summed E-state index contributed by atoms with van der Waals surface area (Å²) in [5, 5.41) is 2.99. The van der Waals surface area contributed by atoms with Crippen LogP contribution in [0.2, 0.25) is 0 Å². The van der Waals surface area contributed by atoms with Gasteiger partial charge in [0.05, 0.1) is 25.5 Å². The van der Waals surface area contributed by atoms with Gasteiger partial charge in [0.25, 0.3) is 5.91 Å². The highest BCUT2D eigenvalue weighted by Gasteiger charge is 2.28. The van der Waals surface area contributed by atoms with Gasteiger partial charge in [-0.2, -0.15) is 0 Å². The van der Waals surface area contributed by atoms with Gasteiger partial charge in [-0.05, 0) is 49.2 Å². The molecule has 1 aromatic heterocycles. The molecule has 4 aromatic rings. The number of amides is 3. The van der Waals surface area contributed by atoms with E-state index in [0.717, 1.165) is 33.9 Å². The highest BCUT2D eigenvalue weighted by Crippen LogP contribution is 2.35. The zero-order chi connectivity index (χ0) is 28.2. The largest absolute Gasteiger partial charge is 0.493 e. The van der Waals surface area contributed by atoms with E-state index in [2.05, 4.69) is 9.88 Å². The molecule has 0 unspecified atom stereocenters. The molecule has 0 radical (unpaired) electrons. The Morgan fingerprint density at radius 1 is 0.750 bits per heavy atom. The lowest BCUT2D eigenvalue weighted by Gasteiger charge is -2.34. The third-order valence-corrected chi connectivity index (χ3v) is 7.41. The van der Waals surface area contributed by atoms with Crippen LogP contribution in [0.25, 0.3) is 16.9 Å². The number of nitrogens with one attached hydrogen (secondary N) is 1. The number of urea groups is 1. The Morgan fingerprint density at radius 3 is 2.08 bits per heavy atom. The smallest absolute Gasteiger partial charge is 0.321 e. The van der Waals surface area contributed by atoms with Gasteiger partial charge in [0.1, 0.15) is 0 Å². The van der Waals surface area contributed by atoms with Gasteiger partial charge in [-0.3, -0.25) is 4.79 Å². The molecule has 3 amide bonds. The molecule has 1 saturated heterocycles. The van der Waals surface area contributed by atoms with Crippen molar-refractivity contribution in [2.24, 2.45) is 0 Å². The summed E-state index contributed by atoms with van der Waals surface area (Å²) in [6.45, 7) is 5.77. The quantitative estimate of drug-likeness (QED) is 0.338. The lowest BCUT2D eigenvalue weighted by atomic mass is 10.1. The van der Waals surface area contributed by atoms with Crippen LogP contribution in [0.5, 0.6) is 11.5 Å². The van der Waals surface area contributed by atoms with E-state index in [-0.39, 0.29) is 11.9 Å². The Bertz CT molecular complexity index is 1520. The first-order valence-corrected chi connectivity index (χ1v) is 13.3. The number of carbonyl (C=O) groups excluding carboxylic acids is 2. The molecular weight excluding hydrogens is 504 g/mol. The Labute approximate surface area is 234 Å². The average Bonchev–Trinajstić information content (AvgIpc) is 3.34. The molecule has 5 rings (SSSR count). The van der Waals surface area contributed by atoms with Crippen LogP contribution in [0.15, 0.2) is 78.9 Å². The number of anilines is 1. The maximum absolute atomic E-state index is 13.8. The van der Waals surface area contributed by atoms with Gasteiger partial charge in [-0.25, -0.2) is 4.79 Å². The molecule has 0 bridgehead atoms. The summed E-state index contributed by atoms with van der Waals surface area (Å²) in [4.78, 5) is 30.3. The molecule has 3 aromatic carbocycles. The number of carbonyl (C=O) groups is 2. The number of piperazine rings is 1. The van der Waals surface area contributed by atoms with Crippen LogP contribution >= 0.6 is 0 Å². The lowest BCUT2D eigenvalue weighted by molar-refractivity contribution is 0.0671. The minimum atomic E-state index is -0.149. The summed E-state index contributed by atoms with van der Waals surface area (Å²) in [6.07, 6.45) is 0. The molecule has 8 nitrogen and oxygen atoms in total. The standard InChI is InChI=1S/C32H34N4O4/c1-22-10-8-9-13-27(22)33-32(38)35-18-16-34(17-19-35)31(37)26-21-28(24-11-6-5-7-12-24)36(23(26)2)25-14-15-29(39-3)30(20-25)40-4/h5-15,20-21H,16-19H2,1-4H3,(H,33,38). The normalized spacial score (nSPS) is 13.2. The third-order valence-electron chi connectivity index (χ3n) is 7.41. The first-order valence-electron chi connectivity index (χ1n) is 13.3. The van der Waals surface area contributed by atoms with Crippen LogP contribution in [-0.2, 0) is 0 Å². The maximum atomic E-state index is 13.8. The third kappa shape index (κ3) is 5.25. The van der Waals surface area contributed by atoms with Crippen LogP contribution in [0.3, 0.4) is 0 Å². The number of hydrogen-bond acceptors (Lipinski definition) is 4. The lowest BCUT2D eigenvalue weighted by Crippen LogP contribution is -2.51. The second kappa shape index (κ2) is 11.6. The fourth-order valence-electron chi connectivity index (χ4n) is 5.13. The van der Waals surface area contributed by atoms with E-state index in [0.29, 0.717) is 43.2 Å². The monoisotopic (exact) mass is 538 g/mol. The van der Waals surface area contributed by atoms with Gasteiger partial charge in [-0.1, -0.05) is 48.5 Å². The minimum absolute atomic E-state index is 0.0483. The summed E-state index contributed by atoms with van der Waals surface area (Å²) < 4.78 is 13.1. The van der Waals surface area contributed by atoms with E-state index < -0.39 is 0 Å². The van der Waals surface area contributed by atoms with Crippen LogP contribution < -0.4 is 14.8 Å². The molecule has 206 valence electrons. The fourth-order valence-corrected chi connectivity index (χ4v) is 5.13. The van der Waals surface area contributed by atoms with E-state index >= 15 is 0 Å². The Morgan fingerprint density at radius 2 is 1.40 bits per heavy atom. The highest BCUT2D eigenvalue weighted by molar-refractivity contribution is 5.98. The molecule has 1 fully saturated rings. The van der Waals surface area contributed by atoms with Gasteiger partial charge in [0.2, 0.25) is 0 Å². The van der Waals surface area contributed by atoms with E-state index in [1.165, 1.54) is 0 Å². The Hall–Kier alpha value is -4.72. The second-order valence-corrected chi connectivity index (χ2v) is 9.79. The van der Waals surface area contributed by atoms with Gasteiger partial charge >= 0.3 is 6.03 Å². The molecule has 40 heavy (non-hydrogen) atoms. The van der Waals surface area contributed by atoms with Crippen molar-refractivity contribution >= 4 is 17.6 Å². The molecule has 1 aliphatic rings. The van der Waals surface area contributed by atoms with Crippen molar-refractivity contribution in [1.82, 2.24) is 14.4 Å². The average molecular weight is 539 g/mol. The molecule has 1 aliphatic heterocycles.